The molecular formula is C19H26NO4P. The van der Waals surface area contributed by atoms with Crippen LogP contribution in [-0.2, 0) is 16.4 Å². The van der Waals surface area contributed by atoms with E-state index in [0.29, 0.717) is 12.0 Å². The standard InChI is InChI=1S/C19H26NO4P/c1-2-10-20-11-9-19-8-4-3-5-16(19)18(20)12-14-6-7-15(13-17(14)19)24-25(21,22)23/h2,6-7,13,16,18H,1,3-5,8-12H2,(H2,21,22,23)/t16-,18-,19+/m0/s1. The molecule has 136 valence electrons. The van der Waals surface area contributed by atoms with Crippen molar-refractivity contribution in [3.8, 4) is 5.75 Å². The lowest BCUT2D eigenvalue weighted by Crippen LogP contribution is -2.60. The van der Waals surface area contributed by atoms with Crippen LogP contribution in [0.4, 0.5) is 0 Å². The molecule has 3 aliphatic rings. The minimum atomic E-state index is -4.53. The number of rotatable bonds is 4. The van der Waals surface area contributed by atoms with E-state index in [1.165, 1.54) is 36.8 Å². The monoisotopic (exact) mass is 363 g/mol. The molecular weight excluding hydrogens is 337 g/mol. The van der Waals surface area contributed by atoms with Crippen LogP contribution in [-0.4, -0.2) is 33.8 Å². The van der Waals surface area contributed by atoms with Crippen LogP contribution in [0.3, 0.4) is 0 Å². The van der Waals surface area contributed by atoms with Gasteiger partial charge in [0, 0.05) is 18.0 Å². The smallest absolute Gasteiger partial charge is 0.404 e. The summed E-state index contributed by atoms with van der Waals surface area (Å²) >= 11 is 0. The second kappa shape index (κ2) is 6.24. The summed E-state index contributed by atoms with van der Waals surface area (Å²) in [5.41, 5.74) is 2.73. The van der Waals surface area contributed by atoms with Crippen molar-refractivity contribution in [2.75, 3.05) is 13.1 Å². The third-order valence-electron chi connectivity index (χ3n) is 6.51. The number of fused-ring (bicyclic) bond motifs is 1. The first kappa shape index (κ1) is 17.3. The minimum Gasteiger partial charge on any atom is -0.404 e. The topological polar surface area (TPSA) is 70.0 Å². The molecule has 5 nitrogen and oxygen atoms in total. The molecule has 2 aliphatic carbocycles. The van der Waals surface area contributed by atoms with Crippen LogP contribution in [0.1, 0.15) is 43.2 Å². The van der Waals surface area contributed by atoms with Gasteiger partial charge >= 0.3 is 7.82 Å². The molecule has 1 saturated carbocycles. The number of phosphoric ester groups is 1. The molecule has 2 bridgehead atoms. The van der Waals surface area contributed by atoms with Gasteiger partial charge in [0.2, 0.25) is 0 Å². The Balaban J connectivity index is 1.77. The Morgan fingerprint density at radius 2 is 2.20 bits per heavy atom. The lowest BCUT2D eigenvalue weighted by Gasteiger charge is -2.59. The first-order valence-electron chi connectivity index (χ1n) is 9.16. The molecule has 0 aromatic heterocycles. The first-order chi connectivity index (χ1) is 11.9. The Morgan fingerprint density at radius 3 is 2.96 bits per heavy atom. The Bertz CT molecular complexity index is 730. The molecule has 1 heterocycles. The number of likely N-dealkylation sites (tertiary alicyclic amines) is 1. The molecule has 2 N–H and O–H groups in total. The van der Waals surface area contributed by atoms with Crippen molar-refractivity contribution in [2.24, 2.45) is 5.92 Å². The maximum absolute atomic E-state index is 11.2. The number of piperidine rings is 1. The highest BCUT2D eigenvalue weighted by Crippen LogP contribution is 2.56. The summed E-state index contributed by atoms with van der Waals surface area (Å²) in [7, 11) is -4.53. The van der Waals surface area contributed by atoms with Gasteiger partial charge in [0.25, 0.3) is 0 Å². The Kier molecular flexibility index (Phi) is 4.32. The normalized spacial score (nSPS) is 31.8. The van der Waals surface area contributed by atoms with Crippen molar-refractivity contribution in [1.29, 1.82) is 0 Å². The maximum atomic E-state index is 11.2. The molecule has 1 aromatic carbocycles. The zero-order valence-corrected chi connectivity index (χ0v) is 15.3. The summed E-state index contributed by atoms with van der Waals surface area (Å²) in [6.45, 7) is 5.92. The van der Waals surface area contributed by atoms with Gasteiger partial charge in [-0.15, -0.1) is 6.58 Å². The second-order valence-electron chi connectivity index (χ2n) is 7.71. The average Bonchev–Trinajstić information content (AvgIpc) is 2.56. The van der Waals surface area contributed by atoms with Gasteiger partial charge in [0.05, 0.1) is 0 Å². The van der Waals surface area contributed by atoms with Crippen LogP contribution in [0.5, 0.6) is 5.75 Å². The fourth-order valence-corrected chi connectivity index (χ4v) is 6.04. The molecule has 6 heteroatoms. The van der Waals surface area contributed by atoms with Crippen LogP contribution in [0, 0.1) is 5.92 Å². The summed E-state index contributed by atoms with van der Waals surface area (Å²) in [5.74, 6) is 0.908. The SMILES string of the molecule is C=CCN1CC[C@]23CCCC[C@H]2[C@@H]1Cc1ccc(OP(=O)(O)O)cc13. The van der Waals surface area contributed by atoms with E-state index in [9.17, 15) is 4.57 Å². The largest absolute Gasteiger partial charge is 0.524 e. The van der Waals surface area contributed by atoms with Crippen molar-refractivity contribution in [1.82, 2.24) is 4.90 Å². The van der Waals surface area contributed by atoms with Gasteiger partial charge in [-0.05, 0) is 61.4 Å². The predicted octanol–water partition coefficient (Wildman–Crippen LogP) is 3.40. The molecule has 2 fully saturated rings. The number of hydrogen-bond donors (Lipinski definition) is 2. The average molecular weight is 363 g/mol. The van der Waals surface area contributed by atoms with Gasteiger partial charge in [0.1, 0.15) is 5.75 Å². The van der Waals surface area contributed by atoms with E-state index >= 15 is 0 Å². The van der Waals surface area contributed by atoms with Gasteiger partial charge in [-0.2, -0.15) is 0 Å². The summed E-state index contributed by atoms with van der Waals surface area (Å²) in [6, 6.07) is 6.17. The third kappa shape index (κ3) is 2.97. The molecule has 1 aliphatic heterocycles. The minimum absolute atomic E-state index is 0.141. The number of hydrogen-bond acceptors (Lipinski definition) is 3. The van der Waals surface area contributed by atoms with Crippen molar-refractivity contribution in [3.63, 3.8) is 0 Å². The molecule has 3 atom stereocenters. The molecule has 0 amide bonds. The third-order valence-corrected chi connectivity index (χ3v) is 6.96. The molecule has 25 heavy (non-hydrogen) atoms. The second-order valence-corrected chi connectivity index (χ2v) is 8.88. The number of nitrogens with zero attached hydrogens (tertiary/aromatic N) is 1. The first-order valence-corrected chi connectivity index (χ1v) is 10.7. The lowest BCUT2D eigenvalue weighted by atomic mass is 9.52. The fourth-order valence-electron chi connectivity index (χ4n) is 5.65. The lowest BCUT2D eigenvalue weighted by molar-refractivity contribution is -0.00515. The van der Waals surface area contributed by atoms with Crippen LogP contribution in [0.2, 0.25) is 0 Å². The van der Waals surface area contributed by atoms with Crippen LogP contribution >= 0.6 is 7.82 Å². The van der Waals surface area contributed by atoms with Crippen molar-refractivity contribution < 1.29 is 18.9 Å². The molecule has 0 spiro atoms. The van der Waals surface area contributed by atoms with Gasteiger partial charge in [0.15, 0.2) is 0 Å². The quantitative estimate of drug-likeness (QED) is 0.634. The van der Waals surface area contributed by atoms with Crippen LogP contribution in [0.15, 0.2) is 30.9 Å². The summed E-state index contributed by atoms with van der Waals surface area (Å²) in [5, 5.41) is 0. The Hall–Kier alpha value is -1.13. The zero-order chi connectivity index (χ0) is 17.7. The molecule has 1 saturated heterocycles. The Morgan fingerprint density at radius 1 is 1.36 bits per heavy atom. The Labute approximate surface area is 148 Å². The van der Waals surface area contributed by atoms with Crippen molar-refractivity contribution in [2.45, 2.75) is 50.0 Å². The zero-order valence-electron chi connectivity index (χ0n) is 14.4. The molecule has 1 aromatic rings. The van der Waals surface area contributed by atoms with Gasteiger partial charge in [-0.1, -0.05) is 25.0 Å². The summed E-state index contributed by atoms with van der Waals surface area (Å²) in [6.07, 6.45) is 9.03. The van der Waals surface area contributed by atoms with Crippen molar-refractivity contribution >= 4 is 7.82 Å². The number of phosphoric acid groups is 1. The summed E-state index contributed by atoms with van der Waals surface area (Å²) < 4.78 is 16.1. The van der Waals surface area contributed by atoms with Crippen LogP contribution in [0.25, 0.3) is 0 Å². The predicted molar refractivity (Wildman–Crippen MR) is 96.6 cm³/mol. The molecule has 4 rings (SSSR count). The fraction of sp³-hybridized carbons (Fsp3) is 0.579. The highest BCUT2D eigenvalue weighted by molar-refractivity contribution is 7.46. The molecule has 0 radical (unpaired) electrons. The van der Waals surface area contributed by atoms with E-state index in [1.807, 2.05) is 18.2 Å². The summed E-state index contributed by atoms with van der Waals surface area (Å²) in [4.78, 5) is 20.9. The maximum Gasteiger partial charge on any atom is 0.524 e. The van der Waals surface area contributed by atoms with Gasteiger partial charge < -0.3 is 4.52 Å². The highest BCUT2D eigenvalue weighted by atomic mass is 31.2. The molecule has 0 unspecified atom stereocenters. The van der Waals surface area contributed by atoms with E-state index < -0.39 is 7.82 Å². The van der Waals surface area contributed by atoms with Gasteiger partial charge in [-0.25, -0.2) is 4.57 Å². The van der Waals surface area contributed by atoms with Crippen molar-refractivity contribution in [3.05, 3.63) is 42.0 Å². The number of benzene rings is 1. The highest BCUT2D eigenvalue weighted by Gasteiger charge is 2.53. The van der Waals surface area contributed by atoms with Gasteiger partial charge in [-0.3, -0.25) is 14.7 Å². The van der Waals surface area contributed by atoms with E-state index in [0.717, 1.165) is 25.9 Å². The van der Waals surface area contributed by atoms with E-state index in [4.69, 9.17) is 14.3 Å². The van der Waals surface area contributed by atoms with Crippen LogP contribution < -0.4 is 4.52 Å². The van der Waals surface area contributed by atoms with E-state index in [2.05, 4.69) is 11.5 Å². The van der Waals surface area contributed by atoms with E-state index in [-0.39, 0.29) is 11.2 Å². The van der Waals surface area contributed by atoms with E-state index in [1.54, 1.807) is 6.07 Å².